The molecule has 1 atom stereocenters. The summed E-state index contributed by atoms with van der Waals surface area (Å²) in [6.45, 7) is 6.43. The standard InChI is InChI=1S/C63H110O6/c1-4-7-10-13-15-17-19-21-23-24-25-26-27-28-29-30-31-32-33-34-35-36-37-38-40-41-43-45-47-50-53-56-62(65)68-59-60(58-67-61(64)55-52-49-12-9-6-3)69-63(66)57-54-51-48-46-44-42-39-22-20-18-16-14-11-8-5-2/h8,11,16,18-19,21-22,24-25,27-28,39,60H,4-7,9-10,12-15,17,20,23,26,29-38,40-59H2,1-3H3/b11-8-,18-16-,21-19-,25-24-,28-27-,39-22-. The van der Waals surface area contributed by atoms with E-state index in [0.29, 0.717) is 19.3 Å². The number of rotatable bonds is 53. The quantitative estimate of drug-likeness (QED) is 0.0262. The predicted octanol–water partition coefficient (Wildman–Crippen LogP) is 19.8. The molecule has 0 amide bonds. The second-order valence-electron chi connectivity index (χ2n) is 19.5. The number of carbonyl (C=O) groups excluding carboxylic acids is 3. The second-order valence-corrected chi connectivity index (χ2v) is 19.5. The Balaban J connectivity index is 3.98. The second kappa shape index (κ2) is 57.4. The van der Waals surface area contributed by atoms with Crippen LogP contribution in [0.4, 0.5) is 0 Å². The molecule has 0 saturated carbocycles. The third kappa shape index (κ3) is 55.6. The Kier molecular flexibility index (Phi) is 54.8. The lowest BCUT2D eigenvalue weighted by molar-refractivity contribution is -0.167. The molecular formula is C63H110O6. The van der Waals surface area contributed by atoms with Crippen molar-refractivity contribution >= 4 is 17.9 Å². The van der Waals surface area contributed by atoms with Crippen molar-refractivity contribution in [2.75, 3.05) is 13.2 Å². The Labute approximate surface area is 427 Å². The van der Waals surface area contributed by atoms with Gasteiger partial charge in [-0.15, -0.1) is 0 Å². The highest BCUT2D eigenvalue weighted by Gasteiger charge is 2.19. The van der Waals surface area contributed by atoms with E-state index in [9.17, 15) is 14.4 Å². The van der Waals surface area contributed by atoms with Gasteiger partial charge in [-0.1, -0.05) is 254 Å². The van der Waals surface area contributed by atoms with Crippen LogP contribution in [0.5, 0.6) is 0 Å². The Bertz CT molecular complexity index is 1290. The van der Waals surface area contributed by atoms with Crippen molar-refractivity contribution < 1.29 is 28.6 Å². The van der Waals surface area contributed by atoms with Gasteiger partial charge in [-0.3, -0.25) is 14.4 Å². The Morgan fingerprint density at radius 1 is 0.304 bits per heavy atom. The van der Waals surface area contributed by atoms with Gasteiger partial charge in [0.25, 0.3) is 0 Å². The summed E-state index contributed by atoms with van der Waals surface area (Å²) in [5.74, 6) is -0.906. The van der Waals surface area contributed by atoms with Crippen molar-refractivity contribution in [1.29, 1.82) is 0 Å². The van der Waals surface area contributed by atoms with E-state index in [1.165, 1.54) is 135 Å². The summed E-state index contributed by atoms with van der Waals surface area (Å²) in [7, 11) is 0. The van der Waals surface area contributed by atoms with Gasteiger partial charge in [-0.25, -0.2) is 0 Å². The molecular weight excluding hydrogens is 853 g/mol. The first-order valence-corrected chi connectivity index (χ1v) is 29.4. The van der Waals surface area contributed by atoms with E-state index in [0.717, 1.165) is 116 Å². The predicted molar refractivity (Wildman–Crippen MR) is 298 cm³/mol. The molecule has 0 saturated heterocycles. The van der Waals surface area contributed by atoms with Gasteiger partial charge >= 0.3 is 17.9 Å². The molecule has 0 aromatic rings. The zero-order chi connectivity index (χ0) is 50.0. The number of esters is 3. The van der Waals surface area contributed by atoms with Crippen LogP contribution in [-0.2, 0) is 28.6 Å². The third-order valence-electron chi connectivity index (χ3n) is 12.7. The maximum absolute atomic E-state index is 12.7. The molecule has 0 spiro atoms. The van der Waals surface area contributed by atoms with E-state index < -0.39 is 6.10 Å². The van der Waals surface area contributed by atoms with Crippen LogP contribution in [0, 0.1) is 0 Å². The average molecular weight is 964 g/mol. The number of hydrogen-bond acceptors (Lipinski definition) is 6. The van der Waals surface area contributed by atoms with Crippen LogP contribution in [0.15, 0.2) is 72.9 Å². The number of unbranched alkanes of at least 4 members (excludes halogenated alkanes) is 30. The summed E-state index contributed by atoms with van der Waals surface area (Å²) in [5.41, 5.74) is 0. The van der Waals surface area contributed by atoms with Crippen LogP contribution in [0.1, 0.15) is 290 Å². The van der Waals surface area contributed by atoms with E-state index in [1.54, 1.807) is 0 Å². The van der Waals surface area contributed by atoms with Crippen molar-refractivity contribution in [2.24, 2.45) is 0 Å². The molecule has 0 N–H and O–H groups in total. The van der Waals surface area contributed by atoms with E-state index in [4.69, 9.17) is 14.2 Å². The number of carbonyl (C=O) groups is 3. The van der Waals surface area contributed by atoms with Crippen molar-refractivity contribution in [3.63, 3.8) is 0 Å². The molecule has 1 unspecified atom stereocenters. The maximum atomic E-state index is 12.7. The van der Waals surface area contributed by atoms with Crippen LogP contribution in [0.2, 0.25) is 0 Å². The zero-order valence-electron chi connectivity index (χ0n) is 45.6. The largest absolute Gasteiger partial charge is 0.462 e. The molecule has 0 heterocycles. The maximum Gasteiger partial charge on any atom is 0.306 e. The fourth-order valence-corrected chi connectivity index (χ4v) is 8.29. The van der Waals surface area contributed by atoms with E-state index in [2.05, 4.69) is 93.7 Å². The average Bonchev–Trinajstić information content (AvgIpc) is 3.35. The highest BCUT2D eigenvalue weighted by Crippen LogP contribution is 2.16. The van der Waals surface area contributed by atoms with Gasteiger partial charge in [-0.2, -0.15) is 0 Å². The SMILES string of the molecule is CC/C=C\C/C=C\C/C=C\CCCCCCCC(=O)OC(COC(=O)CCCCCCC)COC(=O)CCCCCCCCCCCCCCCCCC/C=C\C/C=C\C/C=C\CCCCCCC. The molecule has 0 radical (unpaired) electrons. The molecule has 0 aliphatic rings. The molecule has 398 valence electrons. The first-order chi connectivity index (χ1) is 34.0. The van der Waals surface area contributed by atoms with Crippen molar-refractivity contribution in [1.82, 2.24) is 0 Å². The van der Waals surface area contributed by atoms with Crippen LogP contribution >= 0.6 is 0 Å². The van der Waals surface area contributed by atoms with Gasteiger partial charge in [0.15, 0.2) is 6.10 Å². The van der Waals surface area contributed by atoms with Crippen LogP contribution in [0.25, 0.3) is 0 Å². The minimum Gasteiger partial charge on any atom is -0.462 e. The monoisotopic (exact) mass is 963 g/mol. The lowest BCUT2D eigenvalue weighted by Gasteiger charge is -2.18. The Hall–Kier alpha value is -3.15. The summed E-state index contributed by atoms with van der Waals surface area (Å²) in [6.07, 6.45) is 73.9. The molecule has 0 bridgehead atoms. The van der Waals surface area contributed by atoms with Crippen molar-refractivity contribution in [2.45, 2.75) is 297 Å². The van der Waals surface area contributed by atoms with Crippen molar-refractivity contribution in [3.05, 3.63) is 72.9 Å². The van der Waals surface area contributed by atoms with E-state index in [-0.39, 0.29) is 31.1 Å². The summed E-state index contributed by atoms with van der Waals surface area (Å²) in [4.78, 5) is 37.7. The fourth-order valence-electron chi connectivity index (χ4n) is 8.29. The van der Waals surface area contributed by atoms with E-state index >= 15 is 0 Å². The Morgan fingerprint density at radius 2 is 0.565 bits per heavy atom. The zero-order valence-corrected chi connectivity index (χ0v) is 45.6. The van der Waals surface area contributed by atoms with Gasteiger partial charge in [0.05, 0.1) is 0 Å². The molecule has 6 heteroatoms. The van der Waals surface area contributed by atoms with E-state index in [1.807, 2.05) is 0 Å². The summed E-state index contributed by atoms with van der Waals surface area (Å²) in [6, 6.07) is 0. The molecule has 0 aliphatic heterocycles. The molecule has 6 nitrogen and oxygen atoms in total. The summed E-state index contributed by atoms with van der Waals surface area (Å²) in [5, 5.41) is 0. The van der Waals surface area contributed by atoms with Gasteiger partial charge in [-0.05, 0) is 89.9 Å². The minimum atomic E-state index is -0.779. The molecule has 0 fully saturated rings. The lowest BCUT2D eigenvalue weighted by Crippen LogP contribution is -2.30. The molecule has 0 rings (SSSR count). The summed E-state index contributed by atoms with van der Waals surface area (Å²) < 4.78 is 16.7. The van der Waals surface area contributed by atoms with Gasteiger partial charge in [0, 0.05) is 19.3 Å². The molecule has 69 heavy (non-hydrogen) atoms. The third-order valence-corrected chi connectivity index (χ3v) is 12.7. The van der Waals surface area contributed by atoms with Crippen molar-refractivity contribution in [3.8, 4) is 0 Å². The number of ether oxygens (including phenoxy) is 3. The van der Waals surface area contributed by atoms with Gasteiger partial charge in [0.2, 0.25) is 0 Å². The summed E-state index contributed by atoms with van der Waals surface area (Å²) >= 11 is 0. The van der Waals surface area contributed by atoms with Crippen LogP contribution in [0.3, 0.4) is 0 Å². The normalized spacial score (nSPS) is 12.6. The fraction of sp³-hybridized carbons (Fsp3) is 0.762. The molecule has 0 aromatic carbocycles. The first-order valence-electron chi connectivity index (χ1n) is 29.4. The number of allylic oxidation sites excluding steroid dienone is 12. The highest BCUT2D eigenvalue weighted by molar-refractivity contribution is 5.71. The van der Waals surface area contributed by atoms with Crippen LogP contribution in [-0.4, -0.2) is 37.2 Å². The van der Waals surface area contributed by atoms with Gasteiger partial charge in [0.1, 0.15) is 13.2 Å². The first kappa shape index (κ1) is 65.8. The van der Waals surface area contributed by atoms with Gasteiger partial charge < -0.3 is 14.2 Å². The molecule has 0 aliphatic carbocycles. The number of hydrogen-bond donors (Lipinski definition) is 0. The van der Waals surface area contributed by atoms with Crippen LogP contribution < -0.4 is 0 Å². The topological polar surface area (TPSA) is 78.9 Å². The smallest absolute Gasteiger partial charge is 0.306 e. The highest BCUT2D eigenvalue weighted by atomic mass is 16.6. The minimum absolute atomic E-state index is 0.0810. The lowest BCUT2D eigenvalue weighted by atomic mass is 10.0. The molecule has 0 aromatic heterocycles. The Morgan fingerprint density at radius 3 is 0.884 bits per heavy atom.